The Balaban J connectivity index is 4.00. The van der Waals surface area contributed by atoms with E-state index in [1.54, 1.807) is 0 Å². The molecule has 0 spiro atoms. The average molecular weight is 183 g/mol. The second-order valence-electron chi connectivity index (χ2n) is 5.13. The molecule has 0 saturated heterocycles. The number of nitrogens with two attached hydrogens (primary N) is 1. The van der Waals surface area contributed by atoms with Crippen molar-refractivity contribution in [3.63, 3.8) is 0 Å². The van der Waals surface area contributed by atoms with Crippen LogP contribution in [0.3, 0.4) is 0 Å². The topological polar surface area (TPSA) is 26.0 Å². The Morgan fingerprint density at radius 1 is 1.38 bits per heavy atom. The van der Waals surface area contributed by atoms with Crippen LogP contribution in [0, 0.1) is 17.3 Å². The van der Waals surface area contributed by atoms with Gasteiger partial charge in [0.25, 0.3) is 0 Å². The Kier molecular flexibility index (Phi) is 5.31. The Labute approximate surface area is 83.4 Å². The maximum atomic E-state index is 5.70. The zero-order chi connectivity index (χ0) is 10.5. The monoisotopic (exact) mass is 183 g/mol. The normalized spacial score (nSPS) is 16.7. The molecular weight excluding hydrogens is 158 g/mol. The second kappa shape index (κ2) is 5.43. The molecule has 0 aromatic rings. The van der Waals surface area contributed by atoms with Crippen molar-refractivity contribution in [2.24, 2.45) is 23.0 Å². The molecule has 0 aliphatic carbocycles. The molecule has 0 aromatic heterocycles. The summed E-state index contributed by atoms with van der Waals surface area (Å²) in [6, 6.07) is 0. The molecule has 13 heavy (non-hydrogen) atoms. The summed E-state index contributed by atoms with van der Waals surface area (Å²) in [4.78, 5) is 0. The summed E-state index contributed by atoms with van der Waals surface area (Å²) in [6.07, 6.45) is 4.25. The van der Waals surface area contributed by atoms with Gasteiger partial charge in [0.1, 0.15) is 0 Å². The molecule has 0 radical (unpaired) electrons. The van der Waals surface area contributed by atoms with Crippen LogP contribution in [-0.4, -0.2) is 6.54 Å². The first-order valence-electron chi connectivity index (χ1n) is 5.22. The maximum Gasteiger partial charge on any atom is -0.00458 e. The minimum absolute atomic E-state index is 0.397. The third-order valence-corrected chi connectivity index (χ3v) is 3.00. The van der Waals surface area contributed by atoms with Crippen LogP contribution in [-0.2, 0) is 0 Å². The number of allylic oxidation sites excluding steroid dienone is 1. The highest BCUT2D eigenvalue weighted by Crippen LogP contribution is 2.31. The van der Waals surface area contributed by atoms with E-state index in [1.165, 1.54) is 6.42 Å². The number of hydrogen-bond acceptors (Lipinski definition) is 1. The first-order valence-corrected chi connectivity index (χ1v) is 5.22. The van der Waals surface area contributed by atoms with E-state index in [2.05, 4.69) is 34.3 Å². The van der Waals surface area contributed by atoms with Crippen molar-refractivity contribution in [3.05, 3.63) is 12.7 Å². The Hall–Kier alpha value is -0.300. The highest BCUT2D eigenvalue weighted by atomic mass is 14.5. The van der Waals surface area contributed by atoms with Crippen LogP contribution in [0.1, 0.15) is 40.5 Å². The van der Waals surface area contributed by atoms with E-state index in [0.717, 1.165) is 18.9 Å². The number of hydrogen-bond donors (Lipinski definition) is 1. The van der Waals surface area contributed by atoms with Crippen LogP contribution in [0.15, 0.2) is 12.7 Å². The first-order chi connectivity index (χ1) is 5.91. The van der Waals surface area contributed by atoms with E-state index in [1.807, 2.05) is 6.08 Å². The molecule has 0 fully saturated rings. The van der Waals surface area contributed by atoms with Crippen LogP contribution < -0.4 is 5.73 Å². The van der Waals surface area contributed by atoms with Crippen LogP contribution in [0.2, 0.25) is 0 Å². The lowest BCUT2D eigenvalue weighted by Gasteiger charge is -2.30. The van der Waals surface area contributed by atoms with Gasteiger partial charge in [-0.2, -0.15) is 0 Å². The van der Waals surface area contributed by atoms with Gasteiger partial charge in [-0.15, -0.1) is 6.58 Å². The molecule has 0 amide bonds. The maximum absolute atomic E-state index is 5.70. The van der Waals surface area contributed by atoms with Gasteiger partial charge in [0.15, 0.2) is 0 Å². The largest absolute Gasteiger partial charge is 0.330 e. The molecule has 0 aromatic carbocycles. The summed E-state index contributed by atoms with van der Waals surface area (Å²) in [5, 5.41) is 0. The highest BCUT2D eigenvalue weighted by Gasteiger charge is 2.22. The van der Waals surface area contributed by atoms with Gasteiger partial charge >= 0.3 is 0 Å². The van der Waals surface area contributed by atoms with Gasteiger partial charge in [-0.05, 0) is 36.6 Å². The SMILES string of the molecule is C=CCC(CN)CC(C)C(C)(C)C. The van der Waals surface area contributed by atoms with Crippen LogP contribution in [0.5, 0.6) is 0 Å². The third kappa shape index (κ3) is 5.09. The molecule has 2 unspecified atom stereocenters. The molecular formula is C12H25N. The van der Waals surface area contributed by atoms with Crippen LogP contribution in [0.4, 0.5) is 0 Å². The molecule has 0 rings (SSSR count). The molecule has 0 bridgehead atoms. The summed E-state index contributed by atoms with van der Waals surface area (Å²) < 4.78 is 0. The molecule has 2 atom stereocenters. The van der Waals surface area contributed by atoms with Crippen molar-refractivity contribution < 1.29 is 0 Å². The summed E-state index contributed by atoms with van der Waals surface area (Å²) >= 11 is 0. The van der Waals surface area contributed by atoms with Crippen LogP contribution >= 0.6 is 0 Å². The van der Waals surface area contributed by atoms with Gasteiger partial charge in [-0.1, -0.05) is 33.8 Å². The van der Waals surface area contributed by atoms with Crippen molar-refractivity contribution in [2.75, 3.05) is 6.54 Å². The fourth-order valence-electron chi connectivity index (χ4n) is 1.38. The van der Waals surface area contributed by atoms with Crippen molar-refractivity contribution in [3.8, 4) is 0 Å². The number of rotatable bonds is 5. The van der Waals surface area contributed by atoms with E-state index in [0.29, 0.717) is 11.3 Å². The fourth-order valence-corrected chi connectivity index (χ4v) is 1.38. The summed E-state index contributed by atoms with van der Waals surface area (Å²) in [5.74, 6) is 1.34. The fraction of sp³-hybridized carbons (Fsp3) is 0.833. The quantitative estimate of drug-likeness (QED) is 0.651. The Morgan fingerprint density at radius 3 is 2.23 bits per heavy atom. The summed E-state index contributed by atoms with van der Waals surface area (Å²) in [5.41, 5.74) is 6.10. The zero-order valence-corrected chi connectivity index (χ0v) is 9.64. The highest BCUT2D eigenvalue weighted by molar-refractivity contribution is 4.78. The van der Waals surface area contributed by atoms with Gasteiger partial charge in [0, 0.05) is 0 Å². The molecule has 0 aliphatic rings. The van der Waals surface area contributed by atoms with Gasteiger partial charge in [0.05, 0.1) is 0 Å². The molecule has 0 heterocycles. The predicted octanol–water partition coefficient (Wildman–Crippen LogP) is 3.21. The zero-order valence-electron chi connectivity index (χ0n) is 9.64. The summed E-state index contributed by atoms with van der Waals surface area (Å²) in [7, 11) is 0. The Bertz CT molecular complexity index is 144. The Morgan fingerprint density at radius 2 is 1.92 bits per heavy atom. The van der Waals surface area contributed by atoms with Crippen molar-refractivity contribution in [2.45, 2.75) is 40.5 Å². The molecule has 0 saturated carbocycles. The minimum Gasteiger partial charge on any atom is -0.330 e. The molecule has 1 nitrogen and oxygen atoms in total. The van der Waals surface area contributed by atoms with E-state index in [9.17, 15) is 0 Å². The van der Waals surface area contributed by atoms with Gasteiger partial charge in [-0.3, -0.25) is 0 Å². The van der Waals surface area contributed by atoms with Crippen LogP contribution in [0.25, 0.3) is 0 Å². The van der Waals surface area contributed by atoms with Crippen molar-refractivity contribution in [1.82, 2.24) is 0 Å². The molecule has 2 N–H and O–H groups in total. The lowest BCUT2D eigenvalue weighted by atomic mass is 9.76. The minimum atomic E-state index is 0.397. The van der Waals surface area contributed by atoms with Gasteiger partial charge in [0.2, 0.25) is 0 Å². The standard InChI is InChI=1S/C12H25N/c1-6-7-11(9-13)8-10(2)12(3,4)5/h6,10-11H,1,7-9,13H2,2-5H3. The lowest BCUT2D eigenvalue weighted by molar-refractivity contribution is 0.216. The van der Waals surface area contributed by atoms with Crippen molar-refractivity contribution in [1.29, 1.82) is 0 Å². The van der Waals surface area contributed by atoms with E-state index >= 15 is 0 Å². The second-order valence-corrected chi connectivity index (χ2v) is 5.13. The predicted molar refractivity (Wildman–Crippen MR) is 60.6 cm³/mol. The summed E-state index contributed by atoms with van der Waals surface area (Å²) in [6.45, 7) is 13.7. The first kappa shape index (κ1) is 12.7. The molecule has 0 aliphatic heterocycles. The van der Waals surface area contributed by atoms with Crippen molar-refractivity contribution >= 4 is 0 Å². The van der Waals surface area contributed by atoms with E-state index < -0.39 is 0 Å². The van der Waals surface area contributed by atoms with E-state index in [4.69, 9.17) is 5.73 Å². The third-order valence-electron chi connectivity index (χ3n) is 3.00. The van der Waals surface area contributed by atoms with E-state index in [-0.39, 0.29) is 0 Å². The van der Waals surface area contributed by atoms with Gasteiger partial charge in [-0.25, -0.2) is 0 Å². The van der Waals surface area contributed by atoms with Gasteiger partial charge < -0.3 is 5.73 Å². The molecule has 1 heteroatoms. The lowest BCUT2D eigenvalue weighted by Crippen LogP contribution is -2.24. The molecule has 78 valence electrons. The average Bonchev–Trinajstić information content (AvgIpc) is 2.01. The smallest absolute Gasteiger partial charge is 0.00458 e.